The Bertz CT molecular complexity index is 914. The van der Waals surface area contributed by atoms with Gasteiger partial charge in [0.15, 0.2) is 5.82 Å². The topological polar surface area (TPSA) is 85.8 Å². The highest BCUT2D eigenvalue weighted by Crippen LogP contribution is 2.19. The molecule has 0 fully saturated rings. The SMILES string of the molecule is Cc1noc(CCCNC(=O)c2c(C)nn(-c3ccc(Br)cc3)c2C)n1. The van der Waals surface area contributed by atoms with Gasteiger partial charge in [-0.3, -0.25) is 4.79 Å². The van der Waals surface area contributed by atoms with Crippen molar-refractivity contribution in [3.63, 3.8) is 0 Å². The number of hydrogen-bond acceptors (Lipinski definition) is 5. The van der Waals surface area contributed by atoms with E-state index in [1.54, 1.807) is 11.6 Å². The zero-order chi connectivity index (χ0) is 18.7. The Kier molecular flexibility index (Phi) is 5.51. The van der Waals surface area contributed by atoms with Gasteiger partial charge in [-0.05, 0) is 51.5 Å². The average Bonchev–Trinajstić information content (AvgIpc) is 3.15. The molecule has 0 spiro atoms. The Morgan fingerprint density at radius 2 is 1.96 bits per heavy atom. The van der Waals surface area contributed by atoms with Crippen LogP contribution < -0.4 is 5.32 Å². The Balaban J connectivity index is 1.64. The molecule has 136 valence electrons. The van der Waals surface area contributed by atoms with Crippen molar-refractivity contribution in [2.75, 3.05) is 6.54 Å². The van der Waals surface area contributed by atoms with Crippen LogP contribution in [-0.2, 0) is 6.42 Å². The van der Waals surface area contributed by atoms with Crippen molar-refractivity contribution < 1.29 is 9.32 Å². The van der Waals surface area contributed by atoms with E-state index >= 15 is 0 Å². The van der Waals surface area contributed by atoms with Crippen molar-refractivity contribution >= 4 is 21.8 Å². The first-order valence-electron chi connectivity index (χ1n) is 8.35. The van der Waals surface area contributed by atoms with E-state index in [0.717, 1.165) is 22.3 Å². The molecule has 0 bridgehead atoms. The molecule has 2 heterocycles. The molecule has 0 atom stereocenters. The van der Waals surface area contributed by atoms with E-state index in [9.17, 15) is 4.79 Å². The van der Waals surface area contributed by atoms with Gasteiger partial charge >= 0.3 is 0 Å². The van der Waals surface area contributed by atoms with Crippen LogP contribution in [0.2, 0.25) is 0 Å². The number of hydrogen-bond donors (Lipinski definition) is 1. The Morgan fingerprint density at radius 3 is 2.62 bits per heavy atom. The van der Waals surface area contributed by atoms with Gasteiger partial charge in [0.25, 0.3) is 5.91 Å². The summed E-state index contributed by atoms with van der Waals surface area (Å²) in [5.41, 5.74) is 3.05. The molecule has 1 N–H and O–H groups in total. The molecule has 2 aromatic heterocycles. The van der Waals surface area contributed by atoms with Crippen LogP contribution in [0.4, 0.5) is 0 Å². The molecule has 0 saturated carbocycles. The Morgan fingerprint density at radius 1 is 1.23 bits per heavy atom. The zero-order valence-electron chi connectivity index (χ0n) is 14.9. The molecule has 7 nitrogen and oxygen atoms in total. The van der Waals surface area contributed by atoms with Gasteiger partial charge in [0.05, 0.1) is 22.6 Å². The van der Waals surface area contributed by atoms with Crippen LogP contribution in [0.3, 0.4) is 0 Å². The van der Waals surface area contributed by atoms with Gasteiger partial charge in [-0.1, -0.05) is 21.1 Å². The number of nitrogens with zero attached hydrogens (tertiary/aromatic N) is 4. The van der Waals surface area contributed by atoms with Crippen LogP contribution in [0, 0.1) is 20.8 Å². The quantitative estimate of drug-likeness (QED) is 0.621. The number of amides is 1. The highest BCUT2D eigenvalue weighted by molar-refractivity contribution is 9.10. The van der Waals surface area contributed by atoms with Gasteiger partial charge in [-0.15, -0.1) is 0 Å². The van der Waals surface area contributed by atoms with Crippen LogP contribution in [0.25, 0.3) is 5.69 Å². The maximum atomic E-state index is 12.6. The van der Waals surface area contributed by atoms with E-state index in [0.29, 0.717) is 35.9 Å². The molecule has 3 aromatic rings. The van der Waals surface area contributed by atoms with Gasteiger partial charge in [-0.2, -0.15) is 10.1 Å². The van der Waals surface area contributed by atoms with Gasteiger partial charge in [0, 0.05) is 17.4 Å². The summed E-state index contributed by atoms with van der Waals surface area (Å²) < 4.78 is 7.85. The summed E-state index contributed by atoms with van der Waals surface area (Å²) in [7, 11) is 0. The predicted octanol–water partition coefficient (Wildman–Crippen LogP) is 3.31. The Hall–Kier alpha value is -2.48. The maximum Gasteiger partial charge on any atom is 0.255 e. The molecular formula is C18H20BrN5O2. The predicted molar refractivity (Wildman–Crippen MR) is 100 cm³/mol. The fraction of sp³-hybridized carbons (Fsp3) is 0.333. The molecule has 0 unspecified atom stereocenters. The number of carbonyl (C=O) groups excluding carboxylic acids is 1. The molecule has 0 aliphatic rings. The number of nitrogens with one attached hydrogen (secondary N) is 1. The van der Waals surface area contributed by atoms with E-state index in [2.05, 4.69) is 36.5 Å². The Labute approximate surface area is 159 Å². The lowest BCUT2D eigenvalue weighted by Gasteiger charge is -2.06. The van der Waals surface area contributed by atoms with Gasteiger partial charge in [0.1, 0.15) is 0 Å². The van der Waals surface area contributed by atoms with Crippen LogP contribution >= 0.6 is 15.9 Å². The smallest absolute Gasteiger partial charge is 0.255 e. The summed E-state index contributed by atoms with van der Waals surface area (Å²) in [4.78, 5) is 16.7. The first kappa shape index (κ1) is 18.3. The minimum Gasteiger partial charge on any atom is -0.352 e. The lowest BCUT2D eigenvalue weighted by atomic mass is 10.1. The molecule has 0 aliphatic carbocycles. The van der Waals surface area contributed by atoms with Crippen molar-refractivity contribution in [1.29, 1.82) is 0 Å². The minimum absolute atomic E-state index is 0.120. The normalized spacial score (nSPS) is 10.9. The van der Waals surface area contributed by atoms with Crippen LogP contribution in [0.5, 0.6) is 0 Å². The molecule has 26 heavy (non-hydrogen) atoms. The van der Waals surface area contributed by atoms with E-state index < -0.39 is 0 Å². The third-order valence-electron chi connectivity index (χ3n) is 4.01. The molecule has 0 saturated heterocycles. The second kappa shape index (κ2) is 7.82. The molecule has 0 aliphatic heterocycles. The number of aromatic nitrogens is 4. The van der Waals surface area contributed by atoms with Crippen molar-refractivity contribution in [2.24, 2.45) is 0 Å². The zero-order valence-corrected chi connectivity index (χ0v) is 16.5. The minimum atomic E-state index is -0.120. The van der Waals surface area contributed by atoms with E-state index in [4.69, 9.17) is 4.52 Å². The monoisotopic (exact) mass is 417 g/mol. The van der Waals surface area contributed by atoms with Crippen molar-refractivity contribution in [3.05, 3.63) is 57.4 Å². The first-order valence-corrected chi connectivity index (χ1v) is 9.14. The number of aryl methyl sites for hydroxylation is 3. The largest absolute Gasteiger partial charge is 0.352 e. The third-order valence-corrected chi connectivity index (χ3v) is 4.54. The summed E-state index contributed by atoms with van der Waals surface area (Å²) in [5, 5.41) is 11.2. The maximum absolute atomic E-state index is 12.6. The summed E-state index contributed by atoms with van der Waals surface area (Å²) in [6.07, 6.45) is 1.36. The number of rotatable bonds is 6. The summed E-state index contributed by atoms with van der Waals surface area (Å²) in [5.74, 6) is 1.09. The van der Waals surface area contributed by atoms with E-state index in [1.165, 1.54) is 0 Å². The molecule has 1 aromatic carbocycles. The van der Waals surface area contributed by atoms with Gasteiger partial charge < -0.3 is 9.84 Å². The summed E-state index contributed by atoms with van der Waals surface area (Å²) in [6, 6.07) is 7.81. The van der Waals surface area contributed by atoms with Gasteiger partial charge in [0.2, 0.25) is 5.89 Å². The highest BCUT2D eigenvalue weighted by atomic mass is 79.9. The van der Waals surface area contributed by atoms with E-state index in [-0.39, 0.29) is 5.91 Å². The van der Waals surface area contributed by atoms with Crippen LogP contribution in [-0.4, -0.2) is 32.4 Å². The summed E-state index contributed by atoms with van der Waals surface area (Å²) >= 11 is 3.42. The van der Waals surface area contributed by atoms with Crippen LogP contribution in [0.15, 0.2) is 33.3 Å². The van der Waals surface area contributed by atoms with Crippen molar-refractivity contribution in [2.45, 2.75) is 33.6 Å². The standard InChI is InChI=1S/C18H20BrN5O2/c1-11-17(12(2)24(22-11)15-8-6-14(19)7-9-15)18(25)20-10-4-5-16-21-13(3)23-26-16/h6-9H,4-5,10H2,1-3H3,(H,20,25). The molecule has 8 heteroatoms. The fourth-order valence-corrected chi connectivity index (χ4v) is 3.04. The van der Waals surface area contributed by atoms with Crippen molar-refractivity contribution in [1.82, 2.24) is 25.2 Å². The summed E-state index contributed by atoms with van der Waals surface area (Å²) in [6.45, 7) is 6.06. The van der Waals surface area contributed by atoms with Crippen molar-refractivity contribution in [3.8, 4) is 5.69 Å². The lowest BCUT2D eigenvalue weighted by molar-refractivity contribution is 0.0951. The molecule has 1 amide bonds. The lowest BCUT2D eigenvalue weighted by Crippen LogP contribution is -2.26. The number of benzene rings is 1. The number of halogens is 1. The molecule has 0 radical (unpaired) electrons. The van der Waals surface area contributed by atoms with Gasteiger partial charge in [-0.25, -0.2) is 4.68 Å². The number of carbonyl (C=O) groups is 1. The first-order chi connectivity index (χ1) is 12.5. The second-order valence-corrected chi connectivity index (χ2v) is 6.94. The van der Waals surface area contributed by atoms with E-state index in [1.807, 2.05) is 38.1 Å². The van der Waals surface area contributed by atoms with Crippen LogP contribution in [0.1, 0.15) is 39.9 Å². The molecular weight excluding hydrogens is 398 g/mol. The highest BCUT2D eigenvalue weighted by Gasteiger charge is 2.19. The second-order valence-electron chi connectivity index (χ2n) is 6.03. The third kappa shape index (κ3) is 4.01. The molecule has 3 rings (SSSR count). The fourth-order valence-electron chi connectivity index (χ4n) is 2.78. The average molecular weight is 418 g/mol.